The highest BCUT2D eigenvalue weighted by molar-refractivity contribution is 7.99. The summed E-state index contributed by atoms with van der Waals surface area (Å²) in [6.07, 6.45) is 0. The SMILES string of the molecule is Cc1cc(SCC(=O)Nc2ccccc2Cl)nc2c(C)cccc12. The van der Waals surface area contributed by atoms with Crippen LogP contribution in [0.25, 0.3) is 10.9 Å². The van der Waals surface area contributed by atoms with Gasteiger partial charge in [-0.2, -0.15) is 0 Å². The third kappa shape index (κ3) is 3.71. The fourth-order valence-electron chi connectivity index (χ4n) is 2.49. The number of benzene rings is 2. The molecule has 0 atom stereocenters. The van der Waals surface area contributed by atoms with E-state index >= 15 is 0 Å². The summed E-state index contributed by atoms with van der Waals surface area (Å²) >= 11 is 7.48. The Morgan fingerprint density at radius 3 is 2.71 bits per heavy atom. The maximum atomic E-state index is 12.1. The minimum absolute atomic E-state index is 0.0996. The van der Waals surface area contributed by atoms with Crippen molar-refractivity contribution in [3.8, 4) is 0 Å². The maximum absolute atomic E-state index is 12.1. The van der Waals surface area contributed by atoms with Gasteiger partial charge in [-0.05, 0) is 43.2 Å². The van der Waals surface area contributed by atoms with Gasteiger partial charge in [0.25, 0.3) is 0 Å². The average Bonchev–Trinajstić information content (AvgIpc) is 2.56. The van der Waals surface area contributed by atoms with Gasteiger partial charge >= 0.3 is 0 Å². The second-order valence-electron chi connectivity index (χ2n) is 5.57. The van der Waals surface area contributed by atoms with Gasteiger partial charge in [0.05, 0.1) is 27.0 Å². The number of para-hydroxylation sites is 2. The Morgan fingerprint density at radius 2 is 1.92 bits per heavy atom. The number of halogens is 1. The highest BCUT2D eigenvalue weighted by atomic mass is 35.5. The van der Waals surface area contributed by atoms with Crippen molar-refractivity contribution in [2.45, 2.75) is 18.9 Å². The van der Waals surface area contributed by atoms with E-state index in [-0.39, 0.29) is 11.7 Å². The number of carbonyl (C=O) groups excluding carboxylic acids is 1. The molecule has 3 aromatic rings. The van der Waals surface area contributed by atoms with Crippen LogP contribution in [0.15, 0.2) is 53.6 Å². The van der Waals surface area contributed by atoms with Crippen LogP contribution in [0.1, 0.15) is 11.1 Å². The Bertz CT molecular complexity index is 911. The minimum Gasteiger partial charge on any atom is -0.324 e. The van der Waals surface area contributed by atoms with Gasteiger partial charge in [0, 0.05) is 5.39 Å². The Balaban J connectivity index is 1.73. The monoisotopic (exact) mass is 356 g/mol. The molecule has 0 bridgehead atoms. The number of anilines is 1. The number of aryl methyl sites for hydroxylation is 2. The van der Waals surface area contributed by atoms with Crippen LogP contribution in [0.3, 0.4) is 0 Å². The molecule has 3 nitrogen and oxygen atoms in total. The number of carbonyl (C=O) groups is 1. The van der Waals surface area contributed by atoms with Crippen LogP contribution < -0.4 is 5.32 Å². The number of nitrogens with zero attached hydrogens (tertiary/aromatic N) is 1. The highest BCUT2D eigenvalue weighted by Crippen LogP contribution is 2.26. The Kier molecular flexibility index (Phi) is 5.07. The van der Waals surface area contributed by atoms with Crippen molar-refractivity contribution >= 4 is 45.9 Å². The standard InChI is InChI=1S/C19H17ClN2OS/c1-12-6-5-7-14-13(2)10-18(22-19(12)14)24-11-17(23)21-16-9-4-3-8-15(16)20/h3-10H,11H2,1-2H3,(H,21,23). The molecule has 0 fully saturated rings. The van der Waals surface area contributed by atoms with Crippen LogP contribution in [0.4, 0.5) is 5.69 Å². The molecule has 1 aromatic heterocycles. The predicted octanol–water partition coefficient (Wildman–Crippen LogP) is 5.24. The third-order valence-corrected chi connectivity index (χ3v) is 4.96. The lowest BCUT2D eigenvalue weighted by atomic mass is 10.1. The number of hydrogen-bond donors (Lipinski definition) is 1. The summed E-state index contributed by atoms with van der Waals surface area (Å²) in [5, 5.41) is 5.36. The summed E-state index contributed by atoms with van der Waals surface area (Å²) in [7, 11) is 0. The Morgan fingerprint density at radius 1 is 1.12 bits per heavy atom. The molecule has 3 rings (SSSR count). The summed E-state index contributed by atoms with van der Waals surface area (Å²) in [4.78, 5) is 16.8. The highest BCUT2D eigenvalue weighted by Gasteiger charge is 2.09. The molecule has 0 unspecified atom stereocenters. The molecule has 0 spiro atoms. The smallest absolute Gasteiger partial charge is 0.234 e. The summed E-state index contributed by atoms with van der Waals surface area (Å²) in [5.41, 5.74) is 3.92. The summed E-state index contributed by atoms with van der Waals surface area (Å²) in [6.45, 7) is 4.12. The van der Waals surface area contributed by atoms with E-state index in [1.54, 1.807) is 12.1 Å². The molecule has 1 amide bonds. The van der Waals surface area contributed by atoms with Crippen LogP contribution in [0.5, 0.6) is 0 Å². The van der Waals surface area contributed by atoms with E-state index in [1.165, 1.54) is 11.8 Å². The van der Waals surface area contributed by atoms with Gasteiger partial charge in [-0.3, -0.25) is 4.79 Å². The molecule has 0 saturated carbocycles. The van der Waals surface area contributed by atoms with Crippen LogP contribution >= 0.6 is 23.4 Å². The normalized spacial score (nSPS) is 10.8. The van der Waals surface area contributed by atoms with E-state index in [0.29, 0.717) is 10.7 Å². The predicted molar refractivity (Wildman–Crippen MR) is 102 cm³/mol. The van der Waals surface area contributed by atoms with Gasteiger partial charge in [-0.15, -0.1) is 0 Å². The van der Waals surface area contributed by atoms with E-state index in [4.69, 9.17) is 11.6 Å². The number of thioether (sulfide) groups is 1. The fraction of sp³-hybridized carbons (Fsp3) is 0.158. The minimum atomic E-state index is -0.0996. The molecule has 0 aliphatic heterocycles. The molecule has 0 saturated heterocycles. The summed E-state index contributed by atoms with van der Waals surface area (Å²) in [6, 6.07) is 15.4. The quantitative estimate of drug-likeness (QED) is 0.650. The zero-order chi connectivity index (χ0) is 17.1. The lowest BCUT2D eigenvalue weighted by Gasteiger charge is -2.09. The van der Waals surface area contributed by atoms with E-state index in [0.717, 1.165) is 27.1 Å². The molecule has 24 heavy (non-hydrogen) atoms. The lowest BCUT2D eigenvalue weighted by molar-refractivity contribution is -0.113. The second kappa shape index (κ2) is 7.24. The molecule has 0 aliphatic rings. The average molecular weight is 357 g/mol. The zero-order valence-electron chi connectivity index (χ0n) is 13.5. The van der Waals surface area contributed by atoms with Crippen molar-refractivity contribution in [1.82, 2.24) is 4.98 Å². The van der Waals surface area contributed by atoms with Gasteiger partial charge in [0.15, 0.2) is 0 Å². The van der Waals surface area contributed by atoms with Crippen molar-refractivity contribution in [3.63, 3.8) is 0 Å². The number of hydrogen-bond acceptors (Lipinski definition) is 3. The molecule has 122 valence electrons. The number of pyridine rings is 1. The van der Waals surface area contributed by atoms with Crippen molar-refractivity contribution in [2.24, 2.45) is 0 Å². The third-order valence-electron chi connectivity index (χ3n) is 3.72. The van der Waals surface area contributed by atoms with Gasteiger partial charge in [0.2, 0.25) is 5.91 Å². The van der Waals surface area contributed by atoms with Gasteiger partial charge < -0.3 is 5.32 Å². The van der Waals surface area contributed by atoms with E-state index in [1.807, 2.05) is 37.3 Å². The number of nitrogens with one attached hydrogen (secondary N) is 1. The van der Waals surface area contributed by atoms with Crippen molar-refractivity contribution in [1.29, 1.82) is 0 Å². The first-order valence-corrected chi connectivity index (χ1v) is 8.95. The Labute approximate surface area is 150 Å². The largest absolute Gasteiger partial charge is 0.324 e. The number of rotatable bonds is 4. The topological polar surface area (TPSA) is 42.0 Å². The van der Waals surface area contributed by atoms with Crippen LogP contribution in [-0.2, 0) is 4.79 Å². The summed E-state index contributed by atoms with van der Waals surface area (Å²) < 4.78 is 0. The molecule has 1 heterocycles. The van der Waals surface area contributed by atoms with Crippen LogP contribution in [-0.4, -0.2) is 16.6 Å². The maximum Gasteiger partial charge on any atom is 0.234 e. The molecule has 0 aliphatic carbocycles. The van der Waals surface area contributed by atoms with Gasteiger partial charge in [-0.25, -0.2) is 4.98 Å². The summed E-state index contributed by atoms with van der Waals surface area (Å²) in [5.74, 6) is 0.187. The molecular formula is C19H17ClN2OS. The van der Waals surface area contributed by atoms with Crippen molar-refractivity contribution in [2.75, 3.05) is 11.1 Å². The van der Waals surface area contributed by atoms with Crippen molar-refractivity contribution < 1.29 is 4.79 Å². The number of amides is 1. The van der Waals surface area contributed by atoms with E-state index < -0.39 is 0 Å². The van der Waals surface area contributed by atoms with E-state index in [2.05, 4.69) is 23.3 Å². The molecule has 1 N–H and O–H groups in total. The molecule has 5 heteroatoms. The van der Waals surface area contributed by atoms with Gasteiger partial charge in [-0.1, -0.05) is 53.7 Å². The fourth-order valence-corrected chi connectivity index (χ4v) is 3.44. The van der Waals surface area contributed by atoms with Crippen molar-refractivity contribution in [3.05, 3.63) is 64.7 Å². The zero-order valence-corrected chi connectivity index (χ0v) is 15.0. The van der Waals surface area contributed by atoms with Gasteiger partial charge in [0.1, 0.15) is 0 Å². The lowest BCUT2D eigenvalue weighted by Crippen LogP contribution is -2.14. The molecule has 0 radical (unpaired) electrons. The number of aromatic nitrogens is 1. The molecule has 2 aromatic carbocycles. The first kappa shape index (κ1) is 16.8. The van der Waals surface area contributed by atoms with E-state index in [9.17, 15) is 4.79 Å². The first-order chi connectivity index (χ1) is 11.5. The van der Waals surface area contributed by atoms with Crippen LogP contribution in [0.2, 0.25) is 5.02 Å². The molecular weight excluding hydrogens is 340 g/mol. The van der Waals surface area contributed by atoms with Crippen LogP contribution in [0, 0.1) is 13.8 Å². The second-order valence-corrected chi connectivity index (χ2v) is 6.97. The number of fused-ring (bicyclic) bond motifs is 1. The first-order valence-electron chi connectivity index (χ1n) is 7.59. The Hall–Kier alpha value is -2.04.